The van der Waals surface area contributed by atoms with Crippen molar-refractivity contribution in [2.24, 2.45) is 0 Å². The molecule has 0 saturated carbocycles. The Hall–Kier alpha value is -3.23. The number of ether oxygens (including phenoxy) is 2. The van der Waals surface area contributed by atoms with Gasteiger partial charge >= 0.3 is 11.9 Å². The minimum absolute atomic E-state index is 0.171. The molecule has 1 aromatic carbocycles. The van der Waals surface area contributed by atoms with E-state index in [1.54, 1.807) is 32.0 Å². The van der Waals surface area contributed by atoms with E-state index in [1.807, 2.05) is 0 Å². The van der Waals surface area contributed by atoms with Gasteiger partial charge in [-0.15, -0.1) is 0 Å². The first kappa shape index (κ1) is 22.1. The maximum Gasteiger partial charge on any atom is 0.329 e. The van der Waals surface area contributed by atoms with E-state index >= 15 is 0 Å². The van der Waals surface area contributed by atoms with Gasteiger partial charge in [-0.25, -0.2) is 4.79 Å². The Morgan fingerprint density at radius 2 is 1.79 bits per heavy atom. The van der Waals surface area contributed by atoms with E-state index < -0.39 is 36.3 Å². The molecule has 0 fully saturated rings. The van der Waals surface area contributed by atoms with Crippen LogP contribution in [0.1, 0.15) is 53.0 Å². The van der Waals surface area contributed by atoms with E-state index in [9.17, 15) is 24.0 Å². The molecule has 9 heteroatoms. The summed E-state index contributed by atoms with van der Waals surface area (Å²) in [5.41, 5.74) is 1.30. The molecule has 9 nitrogen and oxygen atoms in total. The first-order valence-electron chi connectivity index (χ1n) is 9.33. The molecular weight excluding hydrogens is 380 g/mol. The molecular formula is C20H24N2O7. The van der Waals surface area contributed by atoms with Gasteiger partial charge in [0.25, 0.3) is 17.7 Å². The summed E-state index contributed by atoms with van der Waals surface area (Å²) in [6.07, 6.45) is 0.563. The highest BCUT2D eigenvalue weighted by atomic mass is 16.5. The van der Waals surface area contributed by atoms with Gasteiger partial charge in [-0.05, 0) is 39.3 Å². The average Bonchev–Trinajstić information content (AvgIpc) is 2.92. The molecule has 3 amide bonds. The molecule has 0 saturated heterocycles. The van der Waals surface area contributed by atoms with Crippen LogP contribution in [0.4, 0.5) is 0 Å². The molecule has 1 atom stereocenters. The van der Waals surface area contributed by atoms with Crippen LogP contribution < -0.4 is 5.32 Å². The predicted octanol–water partition coefficient (Wildman–Crippen LogP) is 0.982. The van der Waals surface area contributed by atoms with Gasteiger partial charge in [0.1, 0.15) is 6.04 Å². The van der Waals surface area contributed by atoms with Crippen molar-refractivity contribution in [1.29, 1.82) is 0 Å². The fourth-order valence-electron chi connectivity index (χ4n) is 2.83. The normalized spacial score (nSPS) is 13.7. The number of hydrogen-bond donors (Lipinski definition) is 1. The number of hydrogen-bond acceptors (Lipinski definition) is 7. The first-order valence-corrected chi connectivity index (χ1v) is 9.33. The fourth-order valence-corrected chi connectivity index (χ4v) is 2.83. The van der Waals surface area contributed by atoms with Crippen molar-refractivity contribution in [2.45, 2.75) is 39.7 Å². The second-order valence-corrected chi connectivity index (χ2v) is 6.57. The minimum Gasteiger partial charge on any atom is -0.466 e. The third kappa shape index (κ3) is 5.40. The molecule has 1 N–H and O–H groups in total. The number of imide groups is 1. The number of nitrogens with one attached hydrogen (secondary N) is 1. The number of benzene rings is 1. The van der Waals surface area contributed by atoms with Crippen molar-refractivity contribution in [3.63, 3.8) is 0 Å². The van der Waals surface area contributed by atoms with Crippen LogP contribution >= 0.6 is 0 Å². The molecule has 1 aliphatic heterocycles. The monoisotopic (exact) mass is 404 g/mol. The Morgan fingerprint density at radius 3 is 2.48 bits per heavy atom. The van der Waals surface area contributed by atoms with E-state index in [1.165, 1.54) is 6.92 Å². The Labute approximate surface area is 168 Å². The van der Waals surface area contributed by atoms with Crippen LogP contribution in [0.15, 0.2) is 18.2 Å². The maximum absolute atomic E-state index is 12.5. The summed E-state index contributed by atoms with van der Waals surface area (Å²) in [6, 6.07) is 3.69. The lowest BCUT2D eigenvalue weighted by Crippen LogP contribution is -2.44. The molecule has 156 valence electrons. The van der Waals surface area contributed by atoms with E-state index in [0.29, 0.717) is 13.0 Å². The summed E-state index contributed by atoms with van der Waals surface area (Å²) in [5.74, 6) is -2.90. The highest BCUT2D eigenvalue weighted by Gasteiger charge is 2.41. The van der Waals surface area contributed by atoms with Crippen molar-refractivity contribution in [3.05, 3.63) is 34.9 Å². The maximum atomic E-state index is 12.5. The van der Waals surface area contributed by atoms with Crippen molar-refractivity contribution in [2.75, 3.05) is 19.8 Å². The van der Waals surface area contributed by atoms with Gasteiger partial charge in [-0.2, -0.15) is 0 Å². The minimum atomic E-state index is -1.17. The predicted molar refractivity (Wildman–Crippen MR) is 101 cm³/mol. The lowest BCUT2D eigenvalue weighted by atomic mass is 10.1. The topological polar surface area (TPSA) is 119 Å². The number of carbonyl (C=O) groups is 5. The van der Waals surface area contributed by atoms with Crippen molar-refractivity contribution in [3.8, 4) is 0 Å². The van der Waals surface area contributed by atoms with Gasteiger partial charge in [0.2, 0.25) is 0 Å². The summed E-state index contributed by atoms with van der Waals surface area (Å²) >= 11 is 0. The second kappa shape index (κ2) is 9.81. The summed E-state index contributed by atoms with van der Waals surface area (Å²) in [7, 11) is 0. The Bertz CT molecular complexity index is 834. The van der Waals surface area contributed by atoms with E-state index in [2.05, 4.69) is 5.32 Å². The largest absolute Gasteiger partial charge is 0.466 e. The zero-order chi connectivity index (χ0) is 21.6. The molecule has 0 radical (unpaired) electrons. The van der Waals surface area contributed by atoms with Gasteiger partial charge in [0.05, 0.1) is 17.7 Å². The number of esters is 2. The van der Waals surface area contributed by atoms with Gasteiger partial charge in [0.15, 0.2) is 6.61 Å². The van der Waals surface area contributed by atoms with Crippen LogP contribution in [0.25, 0.3) is 0 Å². The SMILES string of the molecule is CCOC(=O)CCCNC(=O)COC(=O)C(C)N1C(=O)c2ccc(C)cc2C1=O. The standard InChI is InChI=1S/C20H24N2O7/c1-4-28-17(24)6-5-9-21-16(23)11-29-20(27)13(3)22-18(25)14-8-7-12(2)10-15(14)19(22)26/h7-8,10,13H,4-6,9,11H2,1-3H3,(H,21,23). The van der Waals surface area contributed by atoms with Crippen LogP contribution in [0.2, 0.25) is 0 Å². The molecule has 1 aliphatic rings. The van der Waals surface area contributed by atoms with Gasteiger partial charge in [-0.3, -0.25) is 24.1 Å². The van der Waals surface area contributed by atoms with Crippen LogP contribution in [0, 0.1) is 6.92 Å². The zero-order valence-corrected chi connectivity index (χ0v) is 16.6. The van der Waals surface area contributed by atoms with Crippen molar-refractivity contribution in [1.82, 2.24) is 10.2 Å². The molecule has 0 aromatic heterocycles. The Kier molecular flexibility index (Phi) is 7.46. The third-order valence-electron chi connectivity index (χ3n) is 4.33. The Morgan fingerprint density at radius 1 is 1.10 bits per heavy atom. The quantitative estimate of drug-likeness (QED) is 0.370. The van der Waals surface area contributed by atoms with E-state index in [-0.39, 0.29) is 30.1 Å². The lowest BCUT2D eigenvalue weighted by molar-refractivity contribution is -0.151. The number of aryl methyl sites for hydroxylation is 1. The first-order chi connectivity index (χ1) is 13.8. The number of nitrogens with zero attached hydrogens (tertiary/aromatic N) is 1. The van der Waals surface area contributed by atoms with Crippen LogP contribution in [-0.2, 0) is 23.9 Å². The number of fused-ring (bicyclic) bond motifs is 1. The van der Waals surface area contributed by atoms with Crippen LogP contribution in [-0.4, -0.2) is 60.4 Å². The zero-order valence-electron chi connectivity index (χ0n) is 16.6. The smallest absolute Gasteiger partial charge is 0.329 e. The molecule has 1 heterocycles. The second-order valence-electron chi connectivity index (χ2n) is 6.57. The summed E-state index contributed by atoms with van der Waals surface area (Å²) in [5, 5.41) is 2.51. The van der Waals surface area contributed by atoms with Crippen molar-refractivity contribution >= 4 is 29.7 Å². The molecule has 2 rings (SSSR count). The molecule has 1 aromatic rings. The summed E-state index contributed by atoms with van der Waals surface area (Å²) < 4.78 is 9.69. The molecule has 0 spiro atoms. The highest BCUT2D eigenvalue weighted by molar-refractivity contribution is 6.22. The van der Waals surface area contributed by atoms with Crippen LogP contribution in [0.5, 0.6) is 0 Å². The van der Waals surface area contributed by atoms with Gasteiger partial charge in [-0.1, -0.05) is 11.6 Å². The van der Waals surface area contributed by atoms with Gasteiger partial charge in [0, 0.05) is 13.0 Å². The molecule has 0 aliphatic carbocycles. The fraction of sp³-hybridized carbons (Fsp3) is 0.450. The highest BCUT2D eigenvalue weighted by Crippen LogP contribution is 2.26. The van der Waals surface area contributed by atoms with E-state index in [0.717, 1.165) is 10.5 Å². The van der Waals surface area contributed by atoms with Gasteiger partial charge < -0.3 is 14.8 Å². The summed E-state index contributed by atoms with van der Waals surface area (Å²) in [6.45, 7) is 4.84. The molecule has 29 heavy (non-hydrogen) atoms. The van der Waals surface area contributed by atoms with Crippen molar-refractivity contribution < 1.29 is 33.4 Å². The number of carbonyl (C=O) groups excluding carboxylic acids is 5. The summed E-state index contributed by atoms with van der Waals surface area (Å²) in [4.78, 5) is 61.0. The molecule has 1 unspecified atom stereocenters. The third-order valence-corrected chi connectivity index (χ3v) is 4.33. The average molecular weight is 404 g/mol. The van der Waals surface area contributed by atoms with Crippen LogP contribution in [0.3, 0.4) is 0 Å². The lowest BCUT2D eigenvalue weighted by Gasteiger charge is -2.20. The van der Waals surface area contributed by atoms with E-state index in [4.69, 9.17) is 9.47 Å². The number of amides is 3. The Balaban J connectivity index is 1.81. The molecule has 0 bridgehead atoms. The number of rotatable bonds is 9.